The quantitative estimate of drug-likeness (QED) is 0.747. The van der Waals surface area contributed by atoms with E-state index in [-0.39, 0.29) is 37.0 Å². The van der Waals surface area contributed by atoms with E-state index in [1.807, 2.05) is 38.1 Å². The SMILES string of the molecule is Cc1ccccc1C(C)NC(=O)CCCN(c1ccccc1F)S(C)(=O)=O. The number of anilines is 1. The molecule has 0 aromatic heterocycles. The Labute approximate surface area is 160 Å². The summed E-state index contributed by atoms with van der Waals surface area (Å²) < 4.78 is 39.0. The first kappa shape index (κ1) is 20.9. The molecule has 0 heterocycles. The van der Waals surface area contributed by atoms with Crippen molar-refractivity contribution in [1.29, 1.82) is 0 Å². The number of rotatable bonds is 8. The molecule has 0 spiro atoms. The lowest BCUT2D eigenvalue weighted by atomic mass is 10.0. The normalized spacial score (nSPS) is 12.4. The molecule has 2 rings (SSSR count). The van der Waals surface area contributed by atoms with E-state index in [0.29, 0.717) is 0 Å². The zero-order chi connectivity index (χ0) is 20.0. The van der Waals surface area contributed by atoms with Crippen LogP contribution >= 0.6 is 0 Å². The lowest BCUT2D eigenvalue weighted by molar-refractivity contribution is -0.121. The van der Waals surface area contributed by atoms with E-state index in [9.17, 15) is 17.6 Å². The van der Waals surface area contributed by atoms with Crippen molar-refractivity contribution in [2.75, 3.05) is 17.1 Å². The van der Waals surface area contributed by atoms with Crippen LogP contribution in [0.4, 0.5) is 10.1 Å². The van der Waals surface area contributed by atoms with Crippen LogP contribution < -0.4 is 9.62 Å². The van der Waals surface area contributed by atoms with Gasteiger partial charge in [-0.3, -0.25) is 9.10 Å². The van der Waals surface area contributed by atoms with E-state index < -0.39 is 15.8 Å². The summed E-state index contributed by atoms with van der Waals surface area (Å²) in [6, 6.07) is 13.4. The maximum absolute atomic E-state index is 14.0. The molecule has 7 heteroatoms. The highest BCUT2D eigenvalue weighted by Crippen LogP contribution is 2.22. The van der Waals surface area contributed by atoms with Crippen LogP contribution in [-0.4, -0.2) is 27.1 Å². The smallest absolute Gasteiger partial charge is 0.232 e. The number of halogens is 1. The van der Waals surface area contributed by atoms with E-state index in [1.54, 1.807) is 6.07 Å². The van der Waals surface area contributed by atoms with Gasteiger partial charge in [0, 0.05) is 13.0 Å². The van der Waals surface area contributed by atoms with Gasteiger partial charge in [0.15, 0.2) is 0 Å². The lowest BCUT2D eigenvalue weighted by Crippen LogP contribution is -2.33. The van der Waals surface area contributed by atoms with E-state index in [4.69, 9.17) is 0 Å². The number of aryl methyl sites for hydroxylation is 1. The van der Waals surface area contributed by atoms with E-state index >= 15 is 0 Å². The molecule has 0 saturated carbocycles. The molecule has 1 amide bonds. The molecule has 0 saturated heterocycles. The summed E-state index contributed by atoms with van der Waals surface area (Å²) in [5, 5.41) is 2.92. The maximum Gasteiger partial charge on any atom is 0.232 e. The minimum absolute atomic E-state index is 0.00585. The number of nitrogens with one attached hydrogen (secondary N) is 1. The molecule has 0 aliphatic rings. The van der Waals surface area contributed by atoms with Crippen LogP contribution in [0.2, 0.25) is 0 Å². The first-order valence-corrected chi connectivity index (χ1v) is 10.6. The monoisotopic (exact) mass is 392 g/mol. The molecular formula is C20H25FN2O3S. The van der Waals surface area contributed by atoms with Gasteiger partial charge in [0.05, 0.1) is 18.0 Å². The predicted octanol–water partition coefficient (Wildman–Crippen LogP) is 3.56. The number of hydrogen-bond acceptors (Lipinski definition) is 3. The molecule has 2 aromatic carbocycles. The number of sulfonamides is 1. The van der Waals surface area contributed by atoms with Crippen molar-refractivity contribution in [2.24, 2.45) is 0 Å². The van der Waals surface area contributed by atoms with Crippen LogP contribution in [0.3, 0.4) is 0 Å². The number of para-hydroxylation sites is 1. The highest BCUT2D eigenvalue weighted by Gasteiger charge is 2.20. The molecule has 0 radical (unpaired) electrons. The first-order chi connectivity index (χ1) is 12.7. The van der Waals surface area contributed by atoms with Gasteiger partial charge in [0.2, 0.25) is 15.9 Å². The average molecular weight is 392 g/mol. The van der Waals surface area contributed by atoms with Crippen LogP contribution in [0.1, 0.15) is 36.9 Å². The molecule has 1 N–H and O–H groups in total. The Morgan fingerprint density at radius 3 is 2.41 bits per heavy atom. The first-order valence-electron chi connectivity index (χ1n) is 8.77. The van der Waals surface area contributed by atoms with Crippen molar-refractivity contribution < 1.29 is 17.6 Å². The summed E-state index contributed by atoms with van der Waals surface area (Å²) >= 11 is 0. The summed E-state index contributed by atoms with van der Waals surface area (Å²) in [6.07, 6.45) is 1.46. The van der Waals surface area contributed by atoms with Crippen molar-refractivity contribution in [2.45, 2.75) is 32.7 Å². The third kappa shape index (κ3) is 5.79. The zero-order valence-corrected chi connectivity index (χ0v) is 16.6. The summed E-state index contributed by atoms with van der Waals surface area (Å²) in [5.74, 6) is -0.784. The lowest BCUT2D eigenvalue weighted by Gasteiger charge is -2.23. The van der Waals surface area contributed by atoms with Crippen molar-refractivity contribution in [3.05, 3.63) is 65.5 Å². The minimum Gasteiger partial charge on any atom is -0.350 e. The van der Waals surface area contributed by atoms with Gasteiger partial charge in [-0.25, -0.2) is 12.8 Å². The number of hydrogen-bond donors (Lipinski definition) is 1. The van der Waals surface area contributed by atoms with Gasteiger partial charge in [-0.15, -0.1) is 0 Å². The number of benzene rings is 2. The fraction of sp³-hybridized carbons (Fsp3) is 0.350. The van der Waals surface area contributed by atoms with Crippen molar-refractivity contribution >= 4 is 21.6 Å². The molecule has 5 nitrogen and oxygen atoms in total. The molecule has 0 bridgehead atoms. The molecule has 0 aliphatic carbocycles. The molecule has 146 valence electrons. The van der Waals surface area contributed by atoms with E-state index in [0.717, 1.165) is 21.7 Å². The van der Waals surface area contributed by atoms with Gasteiger partial charge in [0.25, 0.3) is 0 Å². The van der Waals surface area contributed by atoms with E-state index in [2.05, 4.69) is 5.32 Å². The average Bonchev–Trinajstić information content (AvgIpc) is 2.59. The van der Waals surface area contributed by atoms with Gasteiger partial charge in [0.1, 0.15) is 5.82 Å². The number of carbonyl (C=O) groups is 1. The largest absolute Gasteiger partial charge is 0.350 e. The zero-order valence-electron chi connectivity index (χ0n) is 15.8. The molecule has 0 aliphatic heterocycles. The van der Waals surface area contributed by atoms with Gasteiger partial charge >= 0.3 is 0 Å². The Kier molecular flexibility index (Phi) is 6.96. The van der Waals surface area contributed by atoms with Gasteiger partial charge in [-0.2, -0.15) is 0 Å². The van der Waals surface area contributed by atoms with Crippen LogP contribution in [0.25, 0.3) is 0 Å². The highest BCUT2D eigenvalue weighted by atomic mass is 32.2. The fourth-order valence-corrected chi connectivity index (χ4v) is 3.93. The standard InChI is InChI=1S/C20H25FN2O3S/c1-15-9-4-5-10-17(15)16(2)22-20(24)13-8-14-23(27(3,25)26)19-12-7-6-11-18(19)21/h4-7,9-12,16H,8,13-14H2,1-3H3,(H,22,24). The second-order valence-corrected chi connectivity index (χ2v) is 8.44. The van der Waals surface area contributed by atoms with E-state index in [1.165, 1.54) is 18.2 Å². The third-order valence-electron chi connectivity index (χ3n) is 4.32. The molecular weight excluding hydrogens is 367 g/mol. The Balaban J connectivity index is 1.96. The van der Waals surface area contributed by atoms with Gasteiger partial charge in [-0.1, -0.05) is 36.4 Å². The molecule has 2 aromatic rings. The second-order valence-electron chi connectivity index (χ2n) is 6.54. The topological polar surface area (TPSA) is 66.5 Å². The van der Waals surface area contributed by atoms with Crippen LogP contribution in [0.5, 0.6) is 0 Å². The molecule has 0 fully saturated rings. The molecule has 1 unspecified atom stereocenters. The Morgan fingerprint density at radius 1 is 1.15 bits per heavy atom. The number of amides is 1. The second kappa shape index (κ2) is 8.99. The van der Waals surface area contributed by atoms with Crippen molar-refractivity contribution in [1.82, 2.24) is 5.32 Å². The fourth-order valence-electron chi connectivity index (χ4n) is 2.97. The Bertz CT molecular complexity index is 900. The maximum atomic E-state index is 14.0. The molecule has 27 heavy (non-hydrogen) atoms. The van der Waals surface area contributed by atoms with Gasteiger partial charge < -0.3 is 5.32 Å². The summed E-state index contributed by atoms with van der Waals surface area (Å²) in [6.45, 7) is 3.92. The summed E-state index contributed by atoms with van der Waals surface area (Å²) in [4.78, 5) is 12.2. The van der Waals surface area contributed by atoms with Gasteiger partial charge in [-0.05, 0) is 43.5 Å². The molecule has 1 atom stereocenters. The van der Waals surface area contributed by atoms with Crippen molar-refractivity contribution in [3.8, 4) is 0 Å². The van der Waals surface area contributed by atoms with Crippen molar-refractivity contribution in [3.63, 3.8) is 0 Å². The number of carbonyl (C=O) groups excluding carboxylic acids is 1. The minimum atomic E-state index is -3.65. The third-order valence-corrected chi connectivity index (χ3v) is 5.50. The Morgan fingerprint density at radius 2 is 1.78 bits per heavy atom. The summed E-state index contributed by atoms with van der Waals surface area (Å²) in [5.41, 5.74) is 2.12. The van der Waals surface area contributed by atoms with Crippen LogP contribution in [-0.2, 0) is 14.8 Å². The van der Waals surface area contributed by atoms with Crippen LogP contribution in [0.15, 0.2) is 48.5 Å². The predicted molar refractivity (Wildman–Crippen MR) is 106 cm³/mol. The Hall–Kier alpha value is -2.41. The number of nitrogens with zero attached hydrogens (tertiary/aromatic N) is 1. The van der Waals surface area contributed by atoms with Crippen LogP contribution in [0, 0.1) is 12.7 Å². The highest BCUT2D eigenvalue weighted by molar-refractivity contribution is 7.92. The summed E-state index contributed by atoms with van der Waals surface area (Å²) in [7, 11) is -3.65.